The van der Waals surface area contributed by atoms with Crippen LogP contribution in [0.3, 0.4) is 0 Å². The van der Waals surface area contributed by atoms with Crippen molar-refractivity contribution in [2.24, 2.45) is 0 Å². The first-order valence-corrected chi connectivity index (χ1v) is 10.4. The molecule has 1 amide bonds. The summed E-state index contributed by atoms with van der Waals surface area (Å²) in [6.45, 7) is 0. The number of carbonyl (C=O) groups excluding carboxylic acids is 1. The molecule has 0 unspecified atom stereocenters. The molecule has 0 radical (unpaired) electrons. The molecule has 0 saturated carbocycles. The van der Waals surface area contributed by atoms with Gasteiger partial charge < -0.3 is 19.5 Å². The highest BCUT2D eigenvalue weighted by Crippen LogP contribution is 2.38. The first-order valence-electron chi connectivity index (χ1n) is 10.4. The van der Waals surface area contributed by atoms with Crippen LogP contribution in [0, 0.1) is 0 Å². The van der Waals surface area contributed by atoms with Crippen LogP contribution in [0.4, 0.5) is 5.82 Å². The van der Waals surface area contributed by atoms with Crippen LogP contribution in [0.25, 0.3) is 5.69 Å². The third-order valence-corrected chi connectivity index (χ3v) is 5.53. The Kier molecular flexibility index (Phi) is 6.11. The molecule has 1 aliphatic rings. The zero-order valence-corrected chi connectivity index (χ0v) is 18.1. The standard InChI is InChI=1S/C24H27N3O4/c1-29-20-14-16(15-21(30-2)23(20)31-3)12-13-22(28)25-24-18-10-7-11-19(18)26-27(24)17-8-5-4-6-9-17/h4-6,8-9,14-15H,7,10-13H2,1-3H3,(H,25,28). The fourth-order valence-electron chi connectivity index (χ4n) is 4.01. The van der Waals surface area contributed by atoms with Gasteiger partial charge in [0.1, 0.15) is 5.82 Å². The SMILES string of the molecule is COc1cc(CCC(=O)Nc2c3c(nn2-c2ccccc2)CCC3)cc(OC)c1OC. The van der Waals surface area contributed by atoms with Crippen molar-refractivity contribution >= 4 is 11.7 Å². The number of aromatic nitrogens is 2. The van der Waals surface area contributed by atoms with Crippen molar-refractivity contribution in [3.8, 4) is 22.9 Å². The summed E-state index contributed by atoms with van der Waals surface area (Å²) in [5.74, 6) is 2.43. The summed E-state index contributed by atoms with van der Waals surface area (Å²) in [5.41, 5.74) is 4.09. The lowest BCUT2D eigenvalue weighted by atomic mass is 10.1. The van der Waals surface area contributed by atoms with E-state index in [9.17, 15) is 4.79 Å². The molecular weight excluding hydrogens is 394 g/mol. The molecule has 0 bridgehead atoms. The number of ether oxygens (including phenoxy) is 3. The molecule has 3 aromatic rings. The average Bonchev–Trinajstić information content (AvgIpc) is 3.40. The van der Waals surface area contributed by atoms with Crippen LogP contribution < -0.4 is 19.5 Å². The molecule has 1 N–H and O–H groups in total. The normalized spacial score (nSPS) is 12.4. The Morgan fingerprint density at radius 1 is 1.03 bits per heavy atom. The quantitative estimate of drug-likeness (QED) is 0.596. The van der Waals surface area contributed by atoms with E-state index >= 15 is 0 Å². The minimum absolute atomic E-state index is 0.0551. The molecule has 0 spiro atoms. The molecule has 0 saturated heterocycles. The summed E-state index contributed by atoms with van der Waals surface area (Å²) in [6, 6.07) is 13.6. The minimum atomic E-state index is -0.0551. The van der Waals surface area contributed by atoms with E-state index in [1.807, 2.05) is 47.1 Å². The molecule has 0 aliphatic heterocycles. The number of anilines is 1. The van der Waals surface area contributed by atoms with E-state index in [1.54, 1.807) is 21.3 Å². The molecule has 162 valence electrons. The van der Waals surface area contributed by atoms with Gasteiger partial charge in [-0.1, -0.05) is 18.2 Å². The summed E-state index contributed by atoms with van der Waals surface area (Å²) >= 11 is 0. The van der Waals surface area contributed by atoms with E-state index in [1.165, 1.54) is 0 Å². The van der Waals surface area contributed by atoms with Crippen molar-refractivity contribution in [1.82, 2.24) is 9.78 Å². The van der Waals surface area contributed by atoms with Gasteiger partial charge in [-0.15, -0.1) is 0 Å². The summed E-state index contributed by atoms with van der Waals surface area (Å²) in [6.07, 6.45) is 3.83. The number of rotatable bonds is 8. The summed E-state index contributed by atoms with van der Waals surface area (Å²) in [4.78, 5) is 12.9. The third-order valence-electron chi connectivity index (χ3n) is 5.53. The largest absolute Gasteiger partial charge is 0.493 e. The van der Waals surface area contributed by atoms with Crippen LogP contribution in [-0.2, 0) is 24.1 Å². The number of aryl methyl sites for hydroxylation is 2. The van der Waals surface area contributed by atoms with Gasteiger partial charge in [0.15, 0.2) is 11.5 Å². The second-order valence-corrected chi connectivity index (χ2v) is 7.46. The lowest BCUT2D eigenvalue weighted by Crippen LogP contribution is -2.16. The van der Waals surface area contributed by atoms with E-state index in [-0.39, 0.29) is 5.91 Å². The van der Waals surface area contributed by atoms with E-state index < -0.39 is 0 Å². The molecule has 1 aromatic heterocycles. The number of methoxy groups -OCH3 is 3. The predicted octanol–water partition coefficient (Wildman–Crippen LogP) is 3.96. The van der Waals surface area contributed by atoms with Crippen molar-refractivity contribution in [3.05, 3.63) is 59.3 Å². The van der Waals surface area contributed by atoms with Crippen LogP contribution in [0.15, 0.2) is 42.5 Å². The third kappa shape index (κ3) is 4.21. The second kappa shape index (κ2) is 9.12. The molecule has 7 heteroatoms. The summed E-state index contributed by atoms with van der Waals surface area (Å²) in [5, 5.41) is 7.87. The zero-order chi connectivity index (χ0) is 21.8. The Labute approximate surface area is 181 Å². The number of hydrogen-bond donors (Lipinski definition) is 1. The number of amides is 1. The van der Waals surface area contributed by atoms with Crippen LogP contribution in [0.1, 0.15) is 29.7 Å². The second-order valence-electron chi connectivity index (χ2n) is 7.46. The van der Waals surface area contributed by atoms with Gasteiger partial charge in [0.05, 0.1) is 32.7 Å². The zero-order valence-electron chi connectivity index (χ0n) is 18.1. The molecule has 2 aromatic carbocycles. The van der Waals surface area contributed by atoms with Gasteiger partial charge in [-0.05, 0) is 55.5 Å². The van der Waals surface area contributed by atoms with Gasteiger partial charge in [-0.25, -0.2) is 4.68 Å². The smallest absolute Gasteiger partial charge is 0.225 e. The number of nitrogens with zero attached hydrogens (tertiary/aromatic N) is 2. The Morgan fingerprint density at radius 3 is 2.39 bits per heavy atom. The van der Waals surface area contributed by atoms with Crippen LogP contribution in [-0.4, -0.2) is 37.0 Å². The van der Waals surface area contributed by atoms with Crippen molar-refractivity contribution in [1.29, 1.82) is 0 Å². The van der Waals surface area contributed by atoms with Crippen LogP contribution in [0.2, 0.25) is 0 Å². The van der Waals surface area contributed by atoms with E-state index in [0.29, 0.717) is 30.1 Å². The molecule has 7 nitrogen and oxygen atoms in total. The van der Waals surface area contributed by atoms with Crippen LogP contribution in [0.5, 0.6) is 17.2 Å². The first kappa shape index (κ1) is 20.8. The summed E-state index contributed by atoms with van der Waals surface area (Å²) < 4.78 is 18.0. The van der Waals surface area contributed by atoms with Crippen molar-refractivity contribution < 1.29 is 19.0 Å². The van der Waals surface area contributed by atoms with Gasteiger partial charge in [-0.3, -0.25) is 4.79 Å². The number of para-hydroxylation sites is 1. The van der Waals surface area contributed by atoms with Gasteiger partial charge in [0.25, 0.3) is 0 Å². The highest BCUT2D eigenvalue weighted by atomic mass is 16.5. The Balaban J connectivity index is 1.52. The number of hydrogen-bond acceptors (Lipinski definition) is 5. The van der Waals surface area contributed by atoms with E-state index in [0.717, 1.165) is 47.6 Å². The van der Waals surface area contributed by atoms with Gasteiger partial charge >= 0.3 is 0 Å². The van der Waals surface area contributed by atoms with Crippen molar-refractivity contribution in [2.45, 2.75) is 32.1 Å². The topological polar surface area (TPSA) is 74.6 Å². The highest BCUT2D eigenvalue weighted by Gasteiger charge is 2.24. The number of nitrogens with one attached hydrogen (secondary N) is 1. The van der Waals surface area contributed by atoms with Gasteiger partial charge in [0, 0.05) is 12.0 Å². The maximum absolute atomic E-state index is 12.9. The maximum atomic E-state index is 12.9. The van der Waals surface area contributed by atoms with E-state index in [4.69, 9.17) is 19.3 Å². The Hall–Kier alpha value is -3.48. The van der Waals surface area contributed by atoms with Gasteiger partial charge in [-0.2, -0.15) is 5.10 Å². The fourth-order valence-corrected chi connectivity index (χ4v) is 4.01. The molecule has 1 heterocycles. The summed E-state index contributed by atoms with van der Waals surface area (Å²) in [7, 11) is 4.74. The monoisotopic (exact) mass is 421 g/mol. The van der Waals surface area contributed by atoms with Crippen molar-refractivity contribution in [3.63, 3.8) is 0 Å². The Bertz CT molecular complexity index is 1050. The molecule has 0 fully saturated rings. The highest BCUT2D eigenvalue weighted by molar-refractivity contribution is 5.91. The average molecular weight is 421 g/mol. The predicted molar refractivity (Wildman–Crippen MR) is 119 cm³/mol. The molecule has 4 rings (SSSR count). The molecule has 1 aliphatic carbocycles. The number of carbonyl (C=O) groups is 1. The fraction of sp³-hybridized carbons (Fsp3) is 0.333. The van der Waals surface area contributed by atoms with Crippen LogP contribution >= 0.6 is 0 Å². The Morgan fingerprint density at radius 2 is 1.74 bits per heavy atom. The van der Waals surface area contributed by atoms with E-state index in [2.05, 4.69) is 5.32 Å². The van der Waals surface area contributed by atoms with Gasteiger partial charge in [0.2, 0.25) is 11.7 Å². The first-order chi connectivity index (χ1) is 15.1. The molecule has 31 heavy (non-hydrogen) atoms. The molecule has 0 atom stereocenters. The molecular formula is C24H27N3O4. The lowest BCUT2D eigenvalue weighted by molar-refractivity contribution is -0.116. The minimum Gasteiger partial charge on any atom is -0.493 e. The lowest BCUT2D eigenvalue weighted by Gasteiger charge is -2.14. The number of benzene rings is 2. The van der Waals surface area contributed by atoms with Crippen molar-refractivity contribution in [2.75, 3.05) is 26.6 Å². The maximum Gasteiger partial charge on any atom is 0.225 e. The number of fused-ring (bicyclic) bond motifs is 1.